The van der Waals surface area contributed by atoms with Crippen molar-refractivity contribution >= 4 is 5.84 Å². The number of ether oxygens (including phenoxy) is 1. The number of nitrogen functional groups attached to an aromatic ring is 1. The standard InChI is InChI=1S/C15H15FN2O/c1-10-8-13(16)5-2-12(10)9-19-14-6-3-11(4-7-14)15(17)18/h2-8H,9H2,1H3,(H3,17,18). The second-order valence-corrected chi connectivity index (χ2v) is 4.30. The molecule has 2 aromatic rings. The molecule has 0 aromatic heterocycles. The van der Waals surface area contributed by atoms with Gasteiger partial charge in [-0.05, 0) is 54.4 Å². The van der Waals surface area contributed by atoms with E-state index in [1.807, 2.05) is 6.92 Å². The van der Waals surface area contributed by atoms with Crippen LogP contribution >= 0.6 is 0 Å². The van der Waals surface area contributed by atoms with Crippen molar-refractivity contribution in [2.24, 2.45) is 5.73 Å². The zero-order chi connectivity index (χ0) is 13.8. The zero-order valence-corrected chi connectivity index (χ0v) is 10.6. The molecule has 0 amide bonds. The summed E-state index contributed by atoms with van der Waals surface area (Å²) in [6, 6.07) is 11.6. The lowest BCUT2D eigenvalue weighted by Gasteiger charge is -2.09. The van der Waals surface area contributed by atoms with Crippen LogP contribution in [0.2, 0.25) is 0 Å². The van der Waals surface area contributed by atoms with E-state index in [0.29, 0.717) is 17.9 Å². The van der Waals surface area contributed by atoms with Gasteiger partial charge in [-0.15, -0.1) is 0 Å². The molecule has 0 aliphatic heterocycles. The van der Waals surface area contributed by atoms with Crippen LogP contribution in [0, 0.1) is 18.2 Å². The highest BCUT2D eigenvalue weighted by molar-refractivity contribution is 5.94. The summed E-state index contributed by atoms with van der Waals surface area (Å²) in [5, 5.41) is 7.29. The molecule has 0 unspecified atom stereocenters. The minimum Gasteiger partial charge on any atom is -0.489 e. The fraction of sp³-hybridized carbons (Fsp3) is 0.133. The minimum absolute atomic E-state index is 0.0286. The first kappa shape index (κ1) is 13.1. The Morgan fingerprint density at radius 3 is 2.47 bits per heavy atom. The normalized spacial score (nSPS) is 10.2. The third-order valence-electron chi connectivity index (χ3n) is 2.86. The molecule has 0 saturated heterocycles. The van der Waals surface area contributed by atoms with Crippen molar-refractivity contribution in [2.45, 2.75) is 13.5 Å². The molecule has 0 aliphatic carbocycles. The molecule has 0 bridgehead atoms. The summed E-state index contributed by atoms with van der Waals surface area (Å²) in [6.07, 6.45) is 0. The maximum absolute atomic E-state index is 13.0. The predicted octanol–water partition coefficient (Wildman–Crippen LogP) is 3.00. The number of hydrogen-bond acceptors (Lipinski definition) is 2. The second kappa shape index (κ2) is 5.52. The molecule has 0 heterocycles. The largest absolute Gasteiger partial charge is 0.489 e. The van der Waals surface area contributed by atoms with E-state index >= 15 is 0 Å². The van der Waals surface area contributed by atoms with Gasteiger partial charge in [-0.25, -0.2) is 4.39 Å². The summed E-state index contributed by atoms with van der Waals surface area (Å²) in [4.78, 5) is 0. The predicted molar refractivity (Wildman–Crippen MR) is 72.9 cm³/mol. The van der Waals surface area contributed by atoms with E-state index in [2.05, 4.69) is 0 Å². The van der Waals surface area contributed by atoms with Gasteiger partial charge in [-0.1, -0.05) is 6.07 Å². The average molecular weight is 258 g/mol. The minimum atomic E-state index is -0.243. The van der Waals surface area contributed by atoms with Crippen molar-refractivity contribution in [1.29, 1.82) is 5.41 Å². The van der Waals surface area contributed by atoms with Crippen molar-refractivity contribution in [2.75, 3.05) is 0 Å². The van der Waals surface area contributed by atoms with Crippen LogP contribution in [-0.2, 0) is 6.61 Å². The number of halogens is 1. The first-order chi connectivity index (χ1) is 9.06. The number of benzene rings is 2. The molecule has 3 N–H and O–H groups in total. The lowest BCUT2D eigenvalue weighted by atomic mass is 10.1. The molecule has 0 saturated carbocycles. The second-order valence-electron chi connectivity index (χ2n) is 4.30. The van der Waals surface area contributed by atoms with Gasteiger partial charge in [0.05, 0.1) is 0 Å². The number of aryl methyl sites for hydroxylation is 1. The number of nitrogens with one attached hydrogen (secondary N) is 1. The van der Waals surface area contributed by atoms with E-state index in [1.54, 1.807) is 30.3 Å². The highest BCUT2D eigenvalue weighted by Gasteiger charge is 2.02. The van der Waals surface area contributed by atoms with Crippen molar-refractivity contribution in [3.63, 3.8) is 0 Å². The number of nitrogens with two attached hydrogens (primary N) is 1. The molecule has 98 valence electrons. The fourth-order valence-electron chi connectivity index (χ4n) is 1.71. The fourth-order valence-corrected chi connectivity index (χ4v) is 1.71. The van der Waals surface area contributed by atoms with Crippen LogP contribution in [0.15, 0.2) is 42.5 Å². The van der Waals surface area contributed by atoms with E-state index in [4.69, 9.17) is 15.9 Å². The SMILES string of the molecule is Cc1cc(F)ccc1COc1ccc(C(=N)N)cc1. The average Bonchev–Trinajstić information content (AvgIpc) is 2.38. The highest BCUT2D eigenvalue weighted by atomic mass is 19.1. The molecule has 2 rings (SSSR count). The molecular weight excluding hydrogens is 243 g/mol. The van der Waals surface area contributed by atoms with E-state index in [0.717, 1.165) is 11.1 Å². The summed E-state index contributed by atoms with van der Waals surface area (Å²) in [5.41, 5.74) is 7.83. The summed E-state index contributed by atoms with van der Waals surface area (Å²) >= 11 is 0. The Morgan fingerprint density at radius 1 is 1.21 bits per heavy atom. The van der Waals surface area contributed by atoms with Gasteiger partial charge >= 0.3 is 0 Å². The Bertz CT molecular complexity index is 594. The molecule has 19 heavy (non-hydrogen) atoms. The van der Waals surface area contributed by atoms with Crippen LogP contribution in [0.1, 0.15) is 16.7 Å². The summed E-state index contributed by atoms with van der Waals surface area (Å²) in [5.74, 6) is 0.474. The number of hydrogen-bond donors (Lipinski definition) is 2. The van der Waals surface area contributed by atoms with Gasteiger partial charge in [-0.2, -0.15) is 0 Å². The van der Waals surface area contributed by atoms with Crippen LogP contribution in [-0.4, -0.2) is 5.84 Å². The molecule has 0 atom stereocenters. The first-order valence-electron chi connectivity index (χ1n) is 5.88. The quantitative estimate of drug-likeness (QED) is 0.654. The molecule has 0 spiro atoms. The van der Waals surface area contributed by atoms with E-state index < -0.39 is 0 Å². The Labute approximate surface area is 111 Å². The highest BCUT2D eigenvalue weighted by Crippen LogP contribution is 2.16. The van der Waals surface area contributed by atoms with Crippen molar-refractivity contribution in [3.8, 4) is 5.75 Å². The third-order valence-corrected chi connectivity index (χ3v) is 2.86. The van der Waals surface area contributed by atoms with Crippen LogP contribution in [0.3, 0.4) is 0 Å². The van der Waals surface area contributed by atoms with E-state index in [1.165, 1.54) is 12.1 Å². The van der Waals surface area contributed by atoms with Gasteiger partial charge in [0.1, 0.15) is 24.0 Å². The smallest absolute Gasteiger partial charge is 0.123 e. The van der Waals surface area contributed by atoms with E-state index in [9.17, 15) is 4.39 Å². The van der Waals surface area contributed by atoms with Crippen LogP contribution in [0.4, 0.5) is 4.39 Å². The van der Waals surface area contributed by atoms with E-state index in [-0.39, 0.29) is 11.7 Å². The first-order valence-corrected chi connectivity index (χ1v) is 5.88. The van der Waals surface area contributed by atoms with Gasteiger partial charge in [0.2, 0.25) is 0 Å². The monoisotopic (exact) mass is 258 g/mol. The van der Waals surface area contributed by atoms with Crippen LogP contribution in [0.25, 0.3) is 0 Å². The number of amidine groups is 1. The Kier molecular flexibility index (Phi) is 3.80. The van der Waals surface area contributed by atoms with Gasteiger partial charge in [0.15, 0.2) is 0 Å². The Balaban J connectivity index is 2.04. The zero-order valence-electron chi connectivity index (χ0n) is 10.6. The van der Waals surface area contributed by atoms with Gasteiger partial charge < -0.3 is 10.5 Å². The van der Waals surface area contributed by atoms with Crippen LogP contribution in [0.5, 0.6) is 5.75 Å². The maximum Gasteiger partial charge on any atom is 0.123 e. The van der Waals surface area contributed by atoms with Crippen molar-refractivity contribution in [1.82, 2.24) is 0 Å². The van der Waals surface area contributed by atoms with Crippen molar-refractivity contribution < 1.29 is 9.13 Å². The molecule has 0 aliphatic rings. The number of rotatable bonds is 4. The molecule has 0 fully saturated rings. The Morgan fingerprint density at radius 2 is 1.89 bits per heavy atom. The summed E-state index contributed by atoms with van der Waals surface area (Å²) in [6.45, 7) is 2.23. The maximum atomic E-state index is 13.0. The molecule has 2 aromatic carbocycles. The molecule has 4 heteroatoms. The topological polar surface area (TPSA) is 59.1 Å². The third kappa shape index (κ3) is 3.31. The lowest BCUT2D eigenvalue weighted by Crippen LogP contribution is -2.10. The summed E-state index contributed by atoms with van der Waals surface area (Å²) in [7, 11) is 0. The Hall–Kier alpha value is -2.36. The van der Waals surface area contributed by atoms with Gasteiger partial charge in [0.25, 0.3) is 0 Å². The molecule has 3 nitrogen and oxygen atoms in total. The van der Waals surface area contributed by atoms with Crippen molar-refractivity contribution in [3.05, 3.63) is 65.0 Å². The van der Waals surface area contributed by atoms with Gasteiger partial charge in [-0.3, -0.25) is 5.41 Å². The van der Waals surface area contributed by atoms with Crippen LogP contribution < -0.4 is 10.5 Å². The van der Waals surface area contributed by atoms with Gasteiger partial charge in [0, 0.05) is 5.56 Å². The molecular formula is C15H15FN2O. The lowest BCUT2D eigenvalue weighted by molar-refractivity contribution is 0.305. The molecule has 0 radical (unpaired) electrons. The summed E-state index contributed by atoms with van der Waals surface area (Å²) < 4.78 is 18.6.